The molecule has 1 fully saturated rings. The number of hydrogen-bond donors (Lipinski definition) is 1. The first kappa shape index (κ1) is 15.8. The van der Waals surface area contributed by atoms with E-state index >= 15 is 0 Å². The molecule has 1 saturated heterocycles. The second kappa shape index (κ2) is 5.87. The Bertz CT molecular complexity index is 715. The number of aromatic amines is 1. The summed E-state index contributed by atoms with van der Waals surface area (Å²) in [6.07, 6.45) is 7.66. The Morgan fingerprint density at radius 3 is 2.96 bits per heavy atom. The SMILES string of the molecule is Cc1cncc2[nH]cc(CC3CCN(C(=O)OC(C)(C)C)C3)c12. The van der Waals surface area contributed by atoms with Crippen LogP contribution in [-0.2, 0) is 11.2 Å². The van der Waals surface area contributed by atoms with Crippen LogP contribution in [0.2, 0.25) is 0 Å². The zero-order chi connectivity index (χ0) is 16.6. The molecule has 0 bridgehead atoms. The maximum absolute atomic E-state index is 12.2. The third-order valence-corrected chi connectivity index (χ3v) is 4.30. The number of fused-ring (bicyclic) bond motifs is 1. The zero-order valence-electron chi connectivity index (χ0n) is 14.3. The number of rotatable bonds is 2. The molecule has 23 heavy (non-hydrogen) atoms. The van der Waals surface area contributed by atoms with Gasteiger partial charge < -0.3 is 14.6 Å². The first-order valence-electron chi connectivity index (χ1n) is 8.22. The van der Waals surface area contributed by atoms with Crippen LogP contribution in [0, 0.1) is 12.8 Å². The zero-order valence-corrected chi connectivity index (χ0v) is 14.3. The van der Waals surface area contributed by atoms with Gasteiger partial charge in [-0.15, -0.1) is 0 Å². The van der Waals surface area contributed by atoms with Crippen LogP contribution in [0.25, 0.3) is 10.9 Å². The van der Waals surface area contributed by atoms with Gasteiger partial charge in [-0.1, -0.05) is 0 Å². The minimum absolute atomic E-state index is 0.195. The Labute approximate surface area is 137 Å². The second-order valence-electron chi connectivity index (χ2n) is 7.48. The number of aryl methyl sites for hydroxylation is 1. The molecule has 2 aromatic heterocycles. The summed E-state index contributed by atoms with van der Waals surface area (Å²) in [6, 6.07) is 0. The molecule has 1 atom stereocenters. The second-order valence-corrected chi connectivity index (χ2v) is 7.48. The minimum Gasteiger partial charge on any atom is -0.444 e. The number of carbonyl (C=O) groups is 1. The molecule has 3 rings (SSSR count). The van der Waals surface area contributed by atoms with Gasteiger partial charge in [-0.3, -0.25) is 4.98 Å². The normalized spacial score (nSPS) is 18.6. The number of amides is 1. The van der Waals surface area contributed by atoms with Crippen LogP contribution >= 0.6 is 0 Å². The van der Waals surface area contributed by atoms with Crippen molar-refractivity contribution in [3.05, 3.63) is 29.7 Å². The summed E-state index contributed by atoms with van der Waals surface area (Å²) < 4.78 is 5.47. The molecule has 5 heteroatoms. The third kappa shape index (κ3) is 3.49. The van der Waals surface area contributed by atoms with Crippen LogP contribution in [0.4, 0.5) is 4.79 Å². The Morgan fingerprint density at radius 2 is 2.22 bits per heavy atom. The van der Waals surface area contributed by atoms with Gasteiger partial charge in [0.05, 0.1) is 11.7 Å². The van der Waals surface area contributed by atoms with Crippen LogP contribution in [0.3, 0.4) is 0 Å². The maximum atomic E-state index is 12.2. The number of nitrogens with one attached hydrogen (secondary N) is 1. The Morgan fingerprint density at radius 1 is 1.43 bits per heavy atom. The number of carbonyl (C=O) groups excluding carboxylic acids is 1. The molecule has 1 N–H and O–H groups in total. The van der Waals surface area contributed by atoms with Gasteiger partial charge in [0.2, 0.25) is 0 Å². The number of pyridine rings is 1. The number of aromatic nitrogens is 2. The van der Waals surface area contributed by atoms with Crippen molar-refractivity contribution in [3.63, 3.8) is 0 Å². The third-order valence-electron chi connectivity index (χ3n) is 4.30. The molecule has 1 aliphatic heterocycles. The van der Waals surface area contributed by atoms with E-state index in [2.05, 4.69) is 23.1 Å². The van der Waals surface area contributed by atoms with Crippen LogP contribution in [0.15, 0.2) is 18.6 Å². The van der Waals surface area contributed by atoms with Crippen LogP contribution < -0.4 is 0 Å². The van der Waals surface area contributed by atoms with Crippen molar-refractivity contribution in [2.75, 3.05) is 13.1 Å². The average molecular weight is 315 g/mol. The maximum Gasteiger partial charge on any atom is 0.410 e. The fourth-order valence-corrected chi connectivity index (χ4v) is 3.30. The molecule has 0 saturated carbocycles. The number of H-pyrrole nitrogens is 1. The number of likely N-dealkylation sites (tertiary alicyclic amines) is 1. The lowest BCUT2D eigenvalue weighted by Gasteiger charge is -2.24. The minimum atomic E-state index is -0.434. The molecule has 0 aliphatic carbocycles. The molecular weight excluding hydrogens is 290 g/mol. The number of hydrogen-bond acceptors (Lipinski definition) is 3. The lowest BCUT2D eigenvalue weighted by molar-refractivity contribution is 0.0288. The van der Waals surface area contributed by atoms with Gasteiger partial charge in [0.15, 0.2) is 0 Å². The van der Waals surface area contributed by atoms with Gasteiger partial charge in [-0.2, -0.15) is 0 Å². The highest BCUT2D eigenvalue weighted by Crippen LogP contribution is 2.27. The molecule has 1 aliphatic rings. The van der Waals surface area contributed by atoms with E-state index < -0.39 is 5.60 Å². The first-order valence-corrected chi connectivity index (χ1v) is 8.22. The highest BCUT2D eigenvalue weighted by Gasteiger charge is 2.30. The van der Waals surface area contributed by atoms with Gasteiger partial charge in [-0.25, -0.2) is 4.79 Å². The summed E-state index contributed by atoms with van der Waals surface area (Å²) in [5.41, 5.74) is 3.16. The van der Waals surface area contributed by atoms with Crippen LogP contribution in [0.1, 0.15) is 38.3 Å². The van der Waals surface area contributed by atoms with Gasteiger partial charge in [-0.05, 0) is 57.6 Å². The lowest BCUT2D eigenvalue weighted by Crippen LogP contribution is -2.35. The largest absolute Gasteiger partial charge is 0.444 e. The van der Waals surface area contributed by atoms with Crippen molar-refractivity contribution >= 4 is 17.0 Å². The van der Waals surface area contributed by atoms with Crippen molar-refractivity contribution in [2.45, 2.75) is 46.1 Å². The summed E-state index contributed by atoms with van der Waals surface area (Å²) in [5.74, 6) is 0.481. The van der Waals surface area contributed by atoms with Crippen molar-refractivity contribution in [1.82, 2.24) is 14.9 Å². The molecule has 1 unspecified atom stereocenters. The van der Waals surface area contributed by atoms with E-state index in [1.54, 1.807) is 0 Å². The van der Waals surface area contributed by atoms with Crippen LogP contribution in [0.5, 0.6) is 0 Å². The van der Waals surface area contributed by atoms with Crippen molar-refractivity contribution in [3.8, 4) is 0 Å². The Kier molecular flexibility index (Phi) is 4.04. The number of ether oxygens (including phenoxy) is 1. The van der Waals surface area contributed by atoms with Gasteiger partial charge in [0.1, 0.15) is 5.60 Å². The Balaban J connectivity index is 1.67. The van der Waals surface area contributed by atoms with Gasteiger partial charge in [0.25, 0.3) is 0 Å². The van der Waals surface area contributed by atoms with Crippen molar-refractivity contribution in [1.29, 1.82) is 0 Å². The monoisotopic (exact) mass is 315 g/mol. The fraction of sp³-hybridized carbons (Fsp3) is 0.556. The molecule has 0 radical (unpaired) electrons. The molecule has 2 aromatic rings. The predicted molar refractivity (Wildman–Crippen MR) is 90.4 cm³/mol. The van der Waals surface area contributed by atoms with Gasteiger partial charge in [0, 0.05) is 30.9 Å². The van der Waals surface area contributed by atoms with Crippen LogP contribution in [-0.4, -0.2) is 39.7 Å². The molecule has 124 valence electrons. The summed E-state index contributed by atoms with van der Waals surface area (Å²) >= 11 is 0. The molecule has 0 spiro atoms. The summed E-state index contributed by atoms with van der Waals surface area (Å²) in [7, 11) is 0. The average Bonchev–Trinajstić information content (AvgIpc) is 3.06. The molecule has 3 heterocycles. The smallest absolute Gasteiger partial charge is 0.410 e. The van der Waals surface area contributed by atoms with Crippen molar-refractivity contribution in [2.24, 2.45) is 5.92 Å². The molecule has 1 amide bonds. The Hall–Kier alpha value is -2.04. The first-order chi connectivity index (χ1) is 10.8. The highest BCUT2D eigenvalue weighted by molar-refractivity contribution is 5.85. The van der Waals surface area contributed by atoms with E-state index in [1.165, 1.54) is 16.5 Å². The predicted octanol–water partition coefficient (Wildman–Crippen LogP) is 3.67. The van der Waals surface area contributed by atoms with Gasteiger partial charge >= 0.3 is 6.09 Å². The molecular formula is C18H25N3O2. The van der Waals surface area contributed by atoms with E-state index in [0.29, 0.717) is 5.92 Å². The molecule has 0 aromatic carbocycles. The van der Waals surface area contributed by atoms with E-state index in [4.69, 9.17) is 4.74 Å². The lowest BCUT2D eigenvalue weighted by atomic mass is 9.97. The van der Waals surface area contributed by atoms with E-state index in [0.717, 1.165) is 31.4 Å². The van der Waals surface area contributed by atoms with E-state index in [1.807, 2.05) is 38.1 Å². The summed E-state index contributed by atoms with van der Waals surface area (Å²) in [4.78, 5) is 21.5. The highest BCUT2D eigenvalue weighted by atomic mass is 16.6. The van der Waals surface area contributed by atoms with Crippen molar-refractivity contribution < 1.29 is 9.53 Å². The number of nitrogens with zero attached hydrogens (tertiary/aromatic N) is 2. The summed E-state index contributed by atoms with van der Waals surface area (Å²) in [6.45, 7) is 9.35. The fourth-order valence-electron chi connectivity index (χ4n) is 3.30. The molecule has 5 nitrogen and oxygen atoms in total. The summed E-state index contributed by atoms with van der Waals surface area (Å²) in [5, 5.41) is 1.27. The van der Waals surface area contributed by atoms with E-state index in [9.17, 15) is 4.79 Å². The van der Waals surface area contributed by atoms with E-state index in [-0.39, 0.29) is 6.09 Å². The quantitative estimate of drug-likeness (QED) is 0.920. The standard InChI is InChI=1S/C18H25N3O2/c1-12-8-19-10-15-16(12)14(9-20-15)7-13-5-6-21(11-13)17(22)23-18(2,3)4/h8-10,13,20H,5-7,11H2,1-4H3. The topological polar surface area (TPSA) is 58.2 Å².